The van der Waals surface area contributed by atoms with Gasteiger partial charge in [0.2, 0.25) is 5.69 Å². The fraction of sp³-hybridized carbons (Fsp3) is 0.286. The van der Waals surface area contributed by atoms with Gasteiger partial charge in [0.1, 0.15) is 5.88 Å². The predicted molar refractivity (Wildman–Crippen MR) is 44.7 cm³/mol. The summed E-state index contributed by atoms with van der Waals surface area (Å²) in [5.41, 5.74) is 1.26. The van der Waals surface area contributed by atoms with E-state index in [4.69, 9.17) is 23.2 Å². The SMILES string of the molecule is Cc1c(Cl)cc[n+]([O-])c1CCl. The van der Waals surface area contributed by atoms with E-state index in [2.05, 4.69) is 0 Å². The Morgan fingerprint density at radius 3 is 2.73 bits per heavy atom. The number of rotatable bonds is 1. The lowest BCUT2D eigenvalue weighted by molar-refractivity contribution is -0.613. The summed E-state index contributed by atoms with van der Waals surface area (Å²) < 4.78 is 0.730. The van der Waals surface area contributed by atoms with Crippen molar-refractivity contribution >= 4 is 23.2 Å². The van der Waals surface area contributed by atoms with Crippen molar-refractivity contribution in [2.24, 2.45) is 0 Å². The van der Waals surface area contributed by atoms with Crippen LogP contribution >= 0.6 is 23.2 Å². The van der Waals surface area contributed by atoms with Gasteiger partial charge in [0.15, 0.2) is 6.20 Å². The molecule has 0 aromatic carbocycles. The molecule has 1 heterocycles. The summed E-state index contributed by atoms with van der Waals surface area (Å²) in [4.78, 5) is 0. The van der Waals surface area contributed by atoms with Crippen molar-refractivity contribution in [1.82, 2.24) is 0 Å². The van der Waals surface area contributed by atoms with Crippen LogP contribution in [0.3, 0.4) is 0 Å². The van der Waals surface area contributed by atoms with Crippen LogP contribution in [-0.4, -0.2) is 0 Å². The molecule has 0 spiro atoms. The van der Waals surface area contributed by atoms with Crippen LogP contribution in [0.15, 0.2) is 12.3 Å². The molecule has 1 aromatic rings. The Labute approximate surface area is 74.9 Å². The predicted octanol–water partition coefficient (Wildman–Crippen LogP) is 2.02. The Morgan fingerprint density at radius 2 is 2.27 bits per heavy atom. The zero-order chi connectivity index (χ0) is 8.43. The number of halogens is 2. The standard InChI is InChI=1S/C7H7Cl2NO/c1-5-6(9)2-3-10(11)7(5)4-8/h2-3H,4H2,1H3. The summed E-state index contributed by atoms with van der Waals surface area (Å²) in [5.74, 6) is 0.190. The van der Waals surface area contributed by atoms with E-state index < -0.39 is 0 Å². The van der Waals surface area contributed by atoms with Crippen LogP contribution in [0.1, 0.15) is 11.3 Å². The van der Waals surface area contributed by atoms with E-state index in [1.54, 1.807) is 13.0 Å². The van der Waals surface area contributed by atoms with E-state index in [0.29, 0.717) is 10.7 Å². The largest absolute Gasteiger partial charge is 0.618 e. The van der Waals surface area contributed by atoms with Gasteiger partial charge >= 0.3 is 0 Å². The molecule has 0 unspecified atom stereocenters. The van der Waals surface area contributed by atoms with Gasteiger partial charge in [-0.1, -0.05) is 11.6 Å². The summed E-state index contributed by atoms with van der Waals surface area (Å²) in [6.45, 7) is 1.77. The van der Waals surface area contributed by atoms with Gasteiger partial charge in [-0.15, -0.1) is 11.6 Å². The van der Waals surface area contributed by atoms with Crippen molar-refractivity contribution < 1.29 is 4.73 Å². The molecule has 4 heteroatoms. The van der Waals surface area contributed by atoms with Gasteiger partial charge in [-0.25, -0.2) is 0 Å². The first-order valence-electron chi connectivity index (χ1n) is 3.10. The number of aromatic nitrogens is 1. The van der Waals surface area contributed by atoms with E-state index in [0.717, 1.165) is 10.3 Å². The maximum absolute atomic E-state index is 11.0. The molecular formula is C7H7Cl2NO. The molecule has 1 rings (SSSR count). The molecule has 11 heavy (non-hydrogen) atoms. The first kappa shape index (κ1) is 8.62. The summed E-state index contributed by atoms with van der Waals surface area (Å²) in [7, 11) is 0. The fourth-order valence-corrected chi connectivity index (χ4v) is 1.29. The number of alkyl halides is 1. The summed E-state index contributed by atoms with van der Waals surface area (Å²) in [6.07, 6.45) is 1.35. The van der Waals surface area contributed by atoms with Crippen LogP contribution < -0.4 is 4.73 Å². The van der Waals surface area contributed by atoms with Crippen molar-refractivity contribution in [1.29, 1.82) is 0 Å². The first-order valence-corrected chi connectivity index (χ1v) is 4.01. The monoisotopic (exact) mass is 191 g/mol. The van der Waals surface area contributed by atoms with E-state index in [1.807, 2.05) is 0 Å². The van der Waals surface area contributed by atoms with Gasteiger partial charge in [-0.3, -0.25) is 0 Å². The summed E-state index contributed by atoms with van der Waals surface area (Å²) in [5, 5.41) is 11.6. The van der Waals surface area contributed by atoms with Gasteiger partial charge in [0.25, 0.3) is 0 Å². The molecule has 0 aliphatic rings. The van der Waals surface area contributed by atoms with Gasteiger partial charge in [-0.2, -0.15) is 4.73 Å². The first-order chi connectivity index (χ1) is 5.16. The lowest BCUT2D eigenvalue weighted by Crippen LogP contribution is -2.31. The van der Waals surface area contributed by atoms with Gasteiger partial charge in [0.05, 0.1) is 5.02 Å². The van der Waals surface area contributed by atoms with Crippen LogP contribution in [0.4, 0.5) is 0 Å². The number of pyridine rings is 1. The van der Waals surface area contributed by atoms with Crippen LogP contribution in [0.25, 0.3) is 0 Å². The van der Waals surface area contributed by atoms with Crippen LogP contribution in [0.5, 0.6) is 0 Å². The summed E-state index contributed by atoms with van der Waals surface area (Å²) >= 11 is 11.3. The molecule has 1 aromatic heterocycles. The Morgan fingerprint density at radius 1 is 1.64 bits per heavy atom. The van der Waals surface area contributed by atoms with Gasteiger partial charge < -0.3 is 5.21 Å². The third kappa shape index (κ3) is 1.57. The maximum atomic E-state index is 11.0. The zero-order valence-corrected chi connectivity index (χ0v) is 7.49. The summed E-state index contributed by atoms with van der Waals surface area (Å²) in [6, 6.07) is 1.56. The average molecular weight is 192 g/mol. The third-order valence-electron chi connectivity index (χ3n) is 1.54. The zero-order valence-electron chi connectivity index (χ0n) is 5.97. The topological polar surface area (TPSA) is 26.9 Å². The van der Waals surface area contributed by atoms with Crippen molar-refractivity contribution in [3.63, 3.8) is 0 Å². The Balaban J connectivity index is 3.29. The molecule has 0 saturated carbocycles. The molecule has 0 aliphatic carbocycles. The average Bonchev–Trinajstić information content (AvgIpc) is 1.99. The van der Waals surface area contributed by atoms with Gasteiger partial charge in [0, 0.05) is 11.6 Å². The van der Waals surface area contributed by atoms with Crippen LogP contribution in [0.2, 0.25) is 5.02 Å². The lowest BCUT2D eigenvalue weighted by atomic mass is 10.2. The smallest absolute Gasteiger partial charge is 0.211 e. The quantitative estimate of drug-likeness (QED) is 0.380. The third-order valence-corrected chi connectivity index (χ3v) is 2.20. The fourth-order valence-electron chi connectivity index (χ4n) is 0.810. The van der Waals surface area contributed by atoms with Crippen molar-refractivity contribution in [3.8, 4) is 0 Å². The minimum atomic E-state index is 0.190. The molecule has 60 valence electrons. The second-order valence-electron chi connectivity index (χ2n) is 2.19. The van der Waals surface area contributed by atoms with Crippen molar-refractivity contribution in [2.75, 3.05) is 0 Å². The molecule has 0 radical (unpaired) electrons. The number of hydrogen-bond acceptors (Lipinski definition) is 1. The van der Waals surface area contributed by atoms with Gasteiger partial charge in [-0.05, 0) is 6.92 Å². The van der Waals surface area contributed by atoms with Crippen LogP contribution in [-0.2, 0) is 5.88 Å². The van der Waals surface area contributed by atoms with E-state index in [1.165, 1.54) is 6.20 Å². The molecule has 0 aliphatic heterocycles. The van der Waals surface area contributed by atoms with Crippen molar-refractivity contribution in [3.05, 3.63) is 33.8 Å². The lowest BCUT2D eigenvalue weighted by Gasteiger charge is -2.04. The molecule has 0 atom stereocenters. The highest BCUT2D eigenvalue weighted by Crippen LogP contribution is 2.16. The van der Waals surface area contributed by atoms with Crippen molar-refractivity contribution in [2.45, 2.75) is 12.8 Å². The Kier molecular flexibility index (Phi) is 2.58. The molecule has 0 bridgehead atoms. The molecule has 0 N–H and O–H groups in total. The van der Waals surface area contributed by atoms with E-state index in [9.17, 15) is 5.21 Å². The molecule has 0 fully saturated rings. The minimum absolute atomic E-state index is 0.190. The van der Waals surface area contributed by atoms with Crippen LogP contribution in [0, 0.1) is 12.1 Å². The Bertz CT molecular complexity index is 275. The second kappa shape index (κ2) is 3.28. The highest BCUT2D eigenvalue weighted by atomic mass is 35.5. The Hall–Kier alpha value is -0.470. The minimum Gasteiger partial charge on any atom is -0.618 e. The van der Waals surface area contributed by atoms with E-state index >= 15 is 0 Å². The molecule has 0 amide bonds. The van der Waals surface area contributed by atoms with E-state index in [-0.39, 0.29) is 5.88 Å². The highest BCUT2D eigenvalue weighted by molar-refractivity contribution is 6.31. The normalized spacial score (nSPS) is 10.1. The molecule has 0 saturated heterocycles. The number of hydrogen-bond donors (Lipinski definition) is 0. The highest BCUT2D eigenvalue weighted by Gasteiger charge is 2.10. The molecular weight excluding hydrogens is 185 g/mol. The molecule has 2 nitrogen and oxygen atoms in total. The second-order valence-corrected chi connectivity index (χ2v) is 2.87. The maximum Gasteiger partial charge on any atom is 0.211 e. The number of nitrogens with zero attached hydrogens (tertiary/aromatic N) is 1.